The van der Waals surface area contributed by atoms with Crippen molar-refractivity contribution in [3.63, 3.8) is 0 Å². The fraction of sp³-hybridized carbons (Fsp3) is 0.400. The van der Waals surface area contributed by atoms with Crippen LogP contribution in [0.1, 0.15) is 42.5 Å². The van der Waals surface area contributed by atoms with E-state index in [0.29, 0.717) is 32.2 Å². The molecule has 1 amide bonds. The Balaban J connectivity index is 1.94. The molecule has 1 aliphatic rings. The zero-order valence-corrected chi connectivity index (χ0v) is 14.3. The summed E-state index contributed by atoms with van der Waals surface area (Å²) in [5, 5.41) is 0. The Morgan fingerprint density at radius 3 is 2.29 bits per heavy atom. The van der Waals surface area contributed by atoms with Crippen LogP contribution >= 0.6 is 0 Å². The molecule has 4 nitrogen and oxygen atoms in total. The van der Waals surface area contributed by atoms with Crippen LogP contribution in [0.2, 0.25) is 0 Å². The molecule has 4 heteroatoms. The summed E-state index contributed by atoms with van der Waals surface area (Å²) in [5.41, 5.74) is 3.07. The molecule has 1 aromatic heterocycles. The Morgan fingerprint density at radius 2 is 1.71 bits per heavy atom. The van der Waals surface area contributed by atoms with Crippen molar-refractivity contribution in [2.45, 2.75) is 25.7 Å². The summed E-state index contributed by atoms with van der Waals surface area (Å²) in [6, 6.07) is 14.1. The highest BCUT2D eigenvalue weighted by molar-refractivity contribution is 5.86. The van der Waals surface area contributed by atoms with Crippen molar-refractivity contribution in [3.05, 3.63) is 65.5 Å². The Hall–Kier alpha value is -2.20. The molecule has 24 heavy (non-hydrogen) atoms. The lowest BCUT2D eigenvalue weighted by Gasteiger charge is -2.30. The minimum absolute atomic E-state index is 0.106. The van der Waals surface area contributed by atoms with Gasteiger partial charge in [0.2, 0.25) is 5.91 Å². The summed E-state index contributed by atoms with van der Waals surface area (Å²) in [4.78, 5) is 19.5. The lowest BCUT2D eigenvalue weighted by atomic mass is 9.91. The predicted octanol–water partition coefficient (Wildman–Crippen LogP) is 3.20. The zero-order valence-electron chi connectivity index (χ0n) is 14.3. The van der Waals surface area contributed by atoms with E-state index >= 15 is 0 Å². The minimum atomic E-state index is -0.356. The fourth-order valence-electron chi connectivity index (χ4n) is 3.03. The average molecular weight is 324 g/mol. The van der Waals surface area contributed by atoms with Crippen molar-refractivity contribution in [1.82, 2.24) is 9.88 Å². The molecular formula is C20H24N2O2. The smallest absolute Gasteiger partial charge is 0.236 e. The second-order valence-electron chi connectivity index (χ2n) is 6.45. The lowest BCUT2D eigenvalue weighted by Crippen LogP contribution is -2.43. The normalized spacial score (nSPS) is 16.2. The first kappa shape index (κ1) is 16.7. The number of carbonyl (C=O) groups excluding carboxylic acids is 1. The molecule has 1 aliphatic heterocycles. The SMILES string of the molecule is CC(C)c1ccc(C(C(=O)N2CCOCC2)c2ccccn2)cc1. The van der Waals surface area contributed by atoms with E-state index in [1.807, 2.05) is 23.1 Å². The second-order valence-corrected chi connectivity index (χ2v) is 6.45. The van der Waals surface area contributed by atoms with E-state index in [0.717, 1.165) is 11.3 Å². The van der Waals surface area contributed by atoms with Crippen molar-refractivity contribution in [1.29, 1.82) is 0 Å². The van der Waals surface area contributed by atoms with Crippen LogP contribution in [-0.4, -0.2) is 42.1 Å². The standard InChI is InChI=1S/C20H24N2O2/c1-15(2)16-6-8-17(9-7-16)19(18-5-3-4-10-21-18)20(23)22-11-13-24-14-12-22/h3-10,15,19H,11-14H2,1-2H3. The maximum Gasteiger partial charge on any atom is 0.236 e. The molecule has 1 atom stereocenters. The Kier molecular flexibility index (Phi) is 5.26. The highest BCUT2D eigenvalue weighted by atomic mass is 16.5. The first-order chi connectivity index (χ1) is 11.7. The Morgan fingerprint density at radius 1 is 1.04 bits per heavy atom. The number of hydrogen-bond donors (Lipinski definition) is 0. The van der Waals surface area contributed by atoms with Gasteiger partial charge in [-0.1, -0.05) is 44.2 Å². The van der Waals surface area contributed by atoms with Gasteiger partial charge in [0.1, 0.15) is 5.92 Å². The van der Waals surface area contributed by atoms with Crippen LogP contribution < -0.4 is 0 Å². The zero-order chi connectivity index (χ0) is 16.9. The van der Waals surface area contributed by atoms with Crippen LogP contribution in [0.15, 0.2) is 48.7 Å². The number of aromatic nitrogens is 1. The van der Waals surface area contributed by atoms with Gasteiger partial charge in [0.05, 0.1) is 18.9 Å². The molecule has 1 saturated heterocycles. The number of nitrogens with zero attached hydrogens (tertiary/aromatic N) is 2. The predicted molar refractivity (Wildman–Crippen MR) is 94.0 cm³/mol. The monoisotopic (exact) mass is 324 g/mol. The van der Waals surface area contributed by atoms with Gasteiger partial charge in [0.15, 0.2) is 0 Å². The molecule has 1 unspecified atom stereocenters. The van der Waals surface area contributed by atoms with Crippen LogP contribution in [0.4, 0.5) is 0 Å². The Labute approximate surface area is 143 Å². The largest absolute Gasteiger partial charge is 0.378 e. The van der Waals surface area contributed by atoms with Gasteiger partial charge in [0, 0.05) is 19.3 Å². The van der Waals surface area contributed by atoms with E-state index in [9.17, 15) is 4.79 Å². The number of pyridine rings is 1. The lowest BCUT2D eigenvalue weighted by molar-refractivity contribution is -0.136. The molecule has 0 spiro atoms. The van der Waals surface area contributed by atoms with E-state index in [1.165, 1.54) is 5.56 Å². The van der Waals surface area contributed by atoms with Crippen molar-refractivity contribution in [2.75, 3.05) is 26.3 Å². The van der Waals surface area contributed by atoms with Crippen molar-refractivity contribution < 1.29 is 9.53 Å². The third-order valence-corrected chi connectivity index (χ3v) is 4.49. The van der Waals surface area contributed by atoms with Gasteiger partial charge in [-0.2, -0.15) is 0 Å². The van der Waals surface area contributed by atoms with Crippen LogP contribution in [0.25, 0.3) is 0 Å². The van der Waals surface area contributed by atoms with Crippen LogP contribution in [0.3, 0.4) is 0 Å². The average Bonchev–Trinajstić information content (AvgIpc) is 2.64. The number of carbonyl (C=O) groups is 1. The van der Waals surface area contributed by atoms with Crippen LogP contribution in [-0.2, 0) is 9.53 Å². The molecular weight excluding hydrogens is 300 g/mol. The maximum atomic E-state index is 13.1. The van der Waals surface area contributed by atoms with E-state index in [1.54, 1.807) is 6.20 Å². The van der Waals surface area contributed by atoms with Crippen molar-refractivity contribution in [2.24, 2.45) is 0 Å². The number of ether oxygens (including phenoxy) is 1. The van der Waals surface area contributed by atoms with Gasteiger partial charge in [-0.15, -0.1) is 0 Å². The summed E-state index contributed by atoms with van der Waals surface area (Å²) in [6.07, 6.45) is 1.75. The molecule has 1 aromatic carbocycles. The highest BCUT2D eigenvalue weighted by Gasteiger charge is 2.29. The molecule has 126 valence electrons. The fourth-order valence-corrected chi connectivity index (χ4v) is 3.03. The molecule has 0 N–H and O–H groups in total. The second kappa shape index (κ2) is 7.58. The molecule has 2 aromatic rings. The quantitative estimate of drug-likeness (QED) is 0.867. The minimum Gasteiger partial charge on any atom is -0.378 e. The first-order valence-electron chi connectivity index (χ1n) is 8.54. The topological polar surface area (TPSA) is 42.4 Å². The van der Waals surface area contributed by atoms with Crippen molar-refractivity contribution >= 4 is 5.91 Å². The highest BCUT2D eigenvalue weighted by Crippen LogP contribution is 2.27. The maximum absolute atomic E-state index is 13.1. The van der Waals surface area contributed by atoms with Gasteiger partial charge in [-0.05, 0) is 29.2 Å². The van der Waals surface area contributed by atoms with Gasteiger partial charge in [-0.3, -0.25) is 9.78 Å². The molecule has 0 aliphatic carbocycles. The molecule has 0 saturated carbocycles. The molecule has 2 heterocycles. The van der Waals surface area contributed by atoms with Gasteiger partial charge >= 0.3 is 0 Å². The van der Waals surface area contributed by atoms with Gasteiger partial charge < -0.3 is 9.64 Å². The summed E-state index contributed by atoms with van der Waals surface area (Å²) in [5.74, 6) is 0.224. The number of amides is 1. The number of morpholine rings is 1. The number of rotatable bonds is 4. The van der Waals surface area contributed by atoms with E-state index < -0.39 is 0 Å². The van der Waals surface area contributed by atoms with Crippen LogP contribution in [0, 0.1) is 0 Å². The summed E-state index contributed by atoms with van der Waals surface area (Å²) in [6.45, 7) is 6.84. The molecule has 0 radical (unpaired) electrons. The number of benzene rings is 1. The van der Waals surface area contributed by atoms with E-state index in [4.69, 9.17) is 4.74 Å². The third kappa shape index (κ3) is 3.65. The molecule has 1 fully saturated rings. The van der Waals surface area contributed by atoms with E-state index in [2.05, 4.69) is 43.1 Å². The third-order valence-electron chi connectivity index (χ3n) is 4.49. The van der Waals surface area contributed by atoms with Crippen molar-refractivity contribution in [3.8, 4) is 0 Å². The number of hydrogen-bond acceptors (Lipinski definition) is 3. The Bertz CT molecular complexity index is 662. The van der Waals surface area contributed by atoms with E-state index in [-0.39, 0.29) is 11.8 Å². The first-order valence-corrected chi connectivity index (χ1v) is 8.54. The summed E-state index contributed by atoms with van der Waals surface area (Å²) in [7, 11) is 0. The summed E-state index contributed by atoms with van der Waals surface area (Å²) >= 11 is 0. The van der Waals surface area contributed by atoms with Gasteiger partial charge in [0.25, 0.3) is 0 Å². The summed E-state index contributed by atoms with van der Waals surface area (Å²) < 4.78 is 5.37. The molecule has 0 bridgehead atoms. The molecule has 3 rings (SSSR count). The van der Waals surface area contributed by atoms with Gasteiger partial charge in [-0.25, -0.2) is 0 Å². The van der Waals surface area contributed by atoms with Crippen LogP contribution in [0.5, 0.6) is 0 Å².